The molecule has 1 unspecified atom stereocenters. The van der Waals surface area contributed by atoms with Crippen molar-refractivity contribution in [1.82, 2.24) is 0 Å². The Morgan fingerprint density at radius 1 is 1.00 bits per heavy atom. The molecule has 0 N–H and O–H groups in total. The average molecular weight is 258 g/mol. The van der Waals surface area contributed by atoms with Crippen molar-refractivity contribution in [2.75, 3.05) is 0 Å². The highest BCUT2D eigenvalue weighted by molar-refractivity contribution is 7.82. The monoisotopic (exact) mass is 258 g/mol. The summed E-state index contributed by atoms with van der Waals surface area (Å²) in [5.74, 6) is 0. The summed E-state index contributed by atoms with van der Waals surface area (Å²) in [6.45, 7) is 14.4. The van der Waals surface area contributed by atoms with Crippen molar-refractivity contribution < 1.29 is 0 Å². The van der Waals surface area contributed by atoms with Gasteiger partial charge in [0.2, 0.25) is 0 Å². The fourth-order valence-corrected chi connectivity index (χ4v) is 8.50. The molecule has 16 heavy (non-hydrogen) atoms. The van der Waals surface area contributed by atoms with Crippen LogP contribution in [0.5, 0.6) is 0 Å². The van der Waals surface area contributed by atoms with E-state index >= 15 is 0 Å². The van der Waals surface area contributed by atoms with Crippen LogP contribution in [-0.4, -0.2) is 20.8 Å². The third kappa shape index (κ3) is 3.50. The summed E-state index contributed by atoms with van der Waals surface area (Å²) < 4.78 is 0. The van der Waals surface area contributed by atoms with Gasteiger partial charge >= 0.3 is 0 Å². The molecular weight excluding hydrogens is 231 g/mol. The van der Waals surface area contributed by atoms with E-state index in [1.807, 2.05) is 0 Å². The summed E-state index contributed by atoms with van der Waals surface area (Å²) >= 11 is 5.66. The molecule has 0 aliphatic heterocycles. The molecule has 0 bridgehead atoms. The van der Waals surface area contributed by atoms with Crippen LogP contribution in [0.4, 0.5) is 0 Å². The summed E-state index contributed by atoms with van der Waals surface area (Å²) in [7, 11) is -0.0415. The highest BCUT2D eigenvalue weighted by atomic mass is 32.1. The molecule has 1 aliphatic carbocycles. The van der Waals surface area contributed by atoms with Crippen LogP contribution in [0.1, 0.15) is 67.2 Å². The first-order valence-corrected chi connectivity index (χ1v) is 8.28. The molecule has 1 fully saturated rings. The predicted molar refractivity (Wildman–Crippen MR) is 81.3 cm³/mol. The van der Waals surface area contributed by atoms with Crippen molar-refractivity contribution in [3.63, 3.8) is 0 Å². The van der Waals surface area contributed by atoms with Crippen LogP contribution in [0, 0.1) is 0 Å². The first-order chi connectivity index (χ1) is 7.14. The van der Waals surface area contributed by atoms with Crippen LogP contribution in [0.15, 0.2) is 0 Å². The molecule has 0 radical (unpaired) electrons. The minimum atomic E-state index is -0.0415. The molecule has 1 rings (SSSR count). The fraction of sp³-hybridized carbons (Fsp3) is 0.929. The second-order valence-electron chi connectivity index (χ2n) is 6.94. The lowest BCUT2D eigenvalue weighted by Crippen LogP contribution is -2.36. The molecule has 0 amide bonds. The van der Waals surface area contributed by atoms with E-state index in [-0.39, 0.29) is 7.92 Å². The van der Waals surface area contributed by atoms with Gasteiger partial charge in [-0.3, -0.25) is 0 Å². The molecule has 94 valence electrons. The lowest BCUT2D eigenvalue weighted by Gasteiger charge is -2.48. The summed E-state index contributed by atoms with van der Waals surface area (Å²) in [6, 6.07) is 0. The largest absolute Gasteiger partial charge is 0.0890 e. The fourth-order valence-electron chi connectivity index (χ4n) is 3.18. The molecule has 0 nitrogen and oxygen atoms in total. The zero-order valence-electron chi connectivity index (χ0n) is 11.8. The SMILES string of the molecule is CC(C)(C)P(C1CCCCC1=S)C(C)(C)C. The maximum absolute atomic E-state index is 5.66. The van der Waals surface area contributed by atoms with Gasteiger partial charge in [-0.05, 0) is 29.6 Å². The normalized spacial score (nSPS) is 23.9. The smallest absolute Gasteiger partial charge is 0.0115 e. The van der Waals surface area contributed by atoms with Gasteiger partial charge in [0.15, 0.2) is 0 Å². The Morgan fingerprint density at radius 2 is 1.50 bits per heavy atom. The molecule has 0 spiro atoms. The Labute approximate surface area is 108 Å². The van der Waals surface area contributed by atoms with Gasteiger partial charge in [-0.2, -0.15) is 0 Å². The minimum absolute atomic E-state index is 0.0415. The third-order valence-corrected chi connectivity index (χ3v) is 8.03. The summed E-state index contributed by atoms with van der Waals surface area (Å²) in [4.78, 5) is 1.38. The molecule has 1 aliphatic rings. The van der Waals surface area contributed by atoms with Gasteiger partial charge in [0.25, 0.3) is 0 Å². The number of thiocarbonyl (C=S) groups is 1. The summed E-state index contributed by atoms with van der Waals surface area (Å²) in [6.07, 6.45) is 5.26. The summed E-state index contributed by atoms with van der Waals surface area (Å²) in [5.41, 5.74) is 0.735. The van der Waals surface area contributed by atoms with Gasteiger partial charge < -0.3 is 0 Å². The standard InChI is InChI=1S/C14H27PS/c1-13(2,3)15(14(4,5)6)11-9-7-8-10-12(11)16/h11H,7-10H2,1-6H3. The van der Waals surface area contributed by atoms with Crippen molar-refractivity contribution in [2.24, 2.45) is 0 Å². The van der Waals surface area contributed by atoms with Crippen LogP contribution in [-0.2, 0) is 0 Å². The molecule has 0 aromatic carbocycles. The lowest BCUT2D eigenvalue weighted by molar-refractivity contribution is 0.641. The average Bonchev–Trinajstić information content (AvgIpc) is 2.03. The lowest BCUT2D eigenvalue weighted by atomic mass is 10.00. The maximum Gasteiger partial charge on any atom is 0.0115 e. The van der Waals surface area contributed by atoms with Crippen LogP contribution in [0.3, 0.4) is 0 Å². The Morgan fingerprint density at radius 3 is 1.88 bits per heavy atom. The van der Waals surface area contributed by atoms with Gasteiger partial charge in [0.1, 0.15) is 0 Å². The first-order valence-electron chi connectivity index (χ1n) is 6.46. The van der Waals surface area contributed by atoms with Crippen molar-refractivity contribution >= 4 is 25.0 Å². The van der Waals surface area contributed by atoms with Gasteiger partial charge in [-0.25, -0.2) is 0 Å². The highest BCUT2D eigenvalue weighted by Gasteiger charge is 2.41. The van der Waals surface area contributed by atoms with E-state index in [2.05, 4.69) is 41.5 Å². The Bertz CT molecular complexity index is 243. The van der Waals surface area contributed by atoms with Crippen molar-refractivity contribution in [2.45, 2.75) is 83.2 Å². The maximum atomic E-state index is 5.66. The Balaban J connectivity index is 2.97. The van der Waals surface area contributed by atoms with Gasteiger partial charge in [-0.15, -0.1) is 0 Å². The van der Waals surface area contributed by atoms with E-state index in [4.69, 9.17) is 12.2 Å². The molecule has 0 saturated heterocycles. The topological polar surface area (TPSA) is 0 Å². The van der Waals surface area contributed by atoms with E-state index in [9.17, 15) is 0 Å². The van der Waals surface area contributed by atoms with Crippen molar-refractivity contribution in [3.05, 3.63) is 0 Å². The molecular formula is C14H27PS. The molecule has 1 atom stereocenters. The van der Waals surface area contributed by atoms with E-state index in [0.717, 1.165) is 5.66 Å². The second-order valence-corrected chi connectivity index (χ2v) is 11.5. The van der Waals surface area contributed by atoms with Gasteiger partial charge in [-0.1, -0.05) is 68.1 Å². The molecule has 0 aromatic rings. The van der Waals surface area contributed by atoms with Crippen LogP contribution in [0.2, 0.25) is 0 Å². The van der Waals surface area contributed by atoms with E-state index in [0.29, 0.717) is 10.3 Å². The number of hydrogen-bond donors (Lipinski definition) is 0. The van der Waals surface area contributed by atoms with Gasteiger partial charge in [0, 0.05) is 10.5 Å². The second kappa shape index (κ2) is 5.02. The minimum Gasteiger partial charge on any atom is -0.0890 e. The number of hydrogen-bond acceptors (Lipinski definition) is 1. The third-order valence-electron chi connectivity index (χ3n) is 3.28. The van der Waals surface area contributed by atoms with E-state index < -0.39 is 0 Å². The highest BCUT2D eigenvalue weighted by Crippen LogP contribution is 2.64. The van der Waals surface area contributed by atoms with Crippen LogP contribution < -0.4 is 0 Å². The molecule has 1 saturated carbocycles. The quantitative estimate of drug-likeness (QED) is 0.449. The van der Waals surface area contributed by atoms with Gasteiger partial charge in [0.05, 0.1) is 0 Å². The zero-order valence-corrected chi connectivity index (χ0v) is 13.5. The first kappa shape index (κ1) is 14.6. The van der Waals surface area contributed by atoms with E-state index in [1.165, 1.54) is 30.5 Å². The van der Waals surface area contributed by atoms with Crippen LogP contribution >= 0.6 is 20.1 Å². The number of rotatable bonds is 1. The van der Waals surface area contributed by atoms with E-state index in [1.54, 1.807) is 0 Å². The molecule has 0 heterocycles. The van der Waals surface area contributed by atoms with Crippen molar-refractivity contribution in [1.29, 1.82) is 0 Å². The Hall–Kier alpha value is 0.520. The Kier molecular flexibility index (Phi) is 4.58. The predicted octanol–water partition coefficient (Wildman–Crippen LogP) is 5.38. The summed E-state index contributed by atoms with van der Waals surface area (Å²) in [5, 5.41) is 0.833. The molecule has 2 heteroatoms. The van der Waals surface area contributed by atoms with Crippen LogP contribution in [0.25, 0.3) is 0 Å². The van der Waals surface area contributed by atoms with Crippen molar-refractivity contribution in [3.8, 4) is 0 Å². The zero-order chi connectivity index (χ0) is 12.6. The molecule has 0 aromatic heterocycles.